The molecule has 1 fully saturated rings. The number of aliphatic hydroxyl groups is 1. The van der Waals surface area contributed by atoms with Crippen LogP contribution in [0.25, 0.3) is 0 Å². The van der Waals surface area contributed by atoms with Crippen LogP contribution in [-0.4, -0.2) is 48.6 Å². The Morgan fingerprint density at radius 1 is 1.42 bits per heavy atom. The maximum Gasteiger partial charge on any atom is 0.154 e. The summed E-state index contributed by atoms with van der Waals surface area (Å²) in [6.07, 6.45) is -0.802. The number of rotatable bonds is 4. The summed E-state index contributed by atoms with van der Waals surface area (Å²) in [6.45, 7) is 3.24. The lowest BCUT2D eigenvalue weighted by molar-refractivity contribution is 0.0819. The van der Waals surface area contributed by atoms with Gasteiger partial charge in [0.15, 0.2) is 9.84 Å². The Morgan fingerprint density at radius 3 is 2.68 bits per heavy atom. The van der Waals surface area contributed by atoms with E-state index < -0.39 is 15.9 Å². The zero-order chi connectivity index (χ0) is 14.0. The minimum Gasteiger partial charge on any atom is -0.390 e. The fourth-order valence-corrected chi connectivity index (χ4v) is 4.54. The van der Waals surface area contributed by atoms with E-state index in [2.05, 4.69) is 0 Å². The van der Waals surface area contributed by atoms with E-state index in [-0.39, 0.29) is 17.5 Å². The average molecular weight is 304 g/mol. The van der Waals surface area contributed by atoms with Crippen LogP contribution < -0.4 is 0 Å². The summed E-state index contributed by atoms with van der Waals surface area (Å²) in [6, 6.07) is 7.16. The molecule has 1 N–H and O–H groups in total. The Hall–Kier alpha value is -0.620. The van der Waals surface area contributed by atoms with Crippen molar-refractivity contribution in [1.82, 2.24) is 4.90 Å². The van der Waals surface area contributed by atoms with Crippen LogP contribution in [0.1, 0.15) is 12.5 Å². The molecule has 0 unspecified atom stereocenters. The van der Waals surface area contributed by atoms with E-state index in [9.17, 15) is 13.5 Å². The first-order chi connectivity index (χ1) is 8.91. The molecule has 1 saturated heterocycles. The first-order valence-electron chi connectivity index (χ1n) is 6.28. The predicted octanol–water partition coefficient (Wildman–Crippen LogP) is 1.32. The number of benzene rings is 1. The van der Waals surface area contributed by atoms with Crippen LogP contribution in [0, 0.1) is 0 Å². The maximum atomic E-state index is 11.6. The molecule has 4 nitrogen and oxygen atoms in total. The van der Waals surface area contributed by atoms with E-state index in [1.165, 1.54) is 0 Å². The van der Waals surface area contributed by atoms with Crippen molar-refractivity contribution in [3.63, 3.8) is 0 Å². The summed E-state index contributed by atoms with van der Waals surface area (Å²) in [7, 11) is -3.12. The summed E-state index contributed by atoms with van der Waals surface area (Å²) < 4.78 is 23.1. The Morgan fingerprint density at radius 2 is 2.16 bits per heavy atom. The van der Waals surface area contributed by atoms with Gasteiger partial charge in [-0.05, 0) is 24.2 Å². The molecule has 0 saturated carbocycles. The average Bonchev–Trinajstić information content (AvgIpc) is 2.60. The molecule has 0 radical (unpaired) electrons. The van der Waals surface area contributed by atoms with Gasteiger partial charge in [0.05, 0.1) is 23.7 Å². The van der Waals surface area contributed by atoms with Crippen molar-refractivity contribution in [2.75, 3.05) is 18.1 Å². The molecule has 1 aliphatic rings. The highest BCUT2D eigenvalue weighted by molar-refractivity contribution is 7.91. The van der Waals surface area contributed by atoms with Crippen LogP contribution in [0.5, 0.6) is 0 Å². The van der Waals surface area contributed by atoms with Gasteiger partial charge in [0, 0.05) is 11.6 Å². The highest BCUT2D eigenvalue weighted by Gasteiger charge is 2.39. The second-order valence-corrected chi connectivity index (χ2v) is 7.49. The lowest BCUT2D eigenvalue weighted by atomic mass is 10.1. The van der Waals surface area contributed by atoms with Crippen LogP contribution in [0.3, 0.4) is 0 Å². The third-order valence-corrected chi connectivity index (χ3v) is 5.38. The van der Waals surface area contributed by atoms with Gasteiger partial charge in [-0.1, -0.05) is 30.7 Å². The molecule has 0 spiro atoms. The number of hydrogen-bond acceptors (Lipinski definition) is 4. The van der Waals surface area contributed by atoms with Crippen LogP contribution in [0.4, 0.5) is 0 Å². The highest BCUT2D eigenvalue weighted by Crippen LogP contribution is 2.21. The molecule has 19 heavy (non-hydrogen) atoms. The van der Waals surface area contributed by atoms with Crippen molar-refractivity contribution < 1.29 is 13.5 Å². The zero-order valence-corrected chi connectivity index (χ0v) is 12.4. The summed E-state index contributed by atoms with van der Waals surface area (Å²) in [5.74, 6) is -0.105. The number of hydrogen-bond donors (Lipinski definition) is 1. The third-order valence-electron chi connectivity index (χ3n) is 3.44. The van der Waals surface area contributed by atoms with Gasteiger partial charge in [0.1, 0.15) is 0 Å². The van der Waals surface area contributed by atoms with Crippen LogP contribution in [0.15, 0.2) is 24.3 Å². The molecule has 0 amide bonds. The molecular formula is C13H18ClNO3S. The van der Waals surface area contributed by atoms with E-state index in [0.717, 1.165) is 5.56 Å². The number of aliphatic hydroxyl groups excluding tert-OH is 1. The molecule has 1 heterocycles. The van der Waals surface area contributed by atoms with Gasteiger partial charge in [-0.15, -0.1) is 0 Å². The summed E-state index contributed by atoms with van der Waals surface area (Å²) in [5, 5.41) is 10.6. The van der Waals surface area contributed by atoms with Crippen molar-refractivity contribution in [2.45, 2.75) is 25.6 Å². The third kappa shape index (κ3) is 3.69. The molecule has 0 bridgehead atoms. The standard InChI is InChI=1S/C13H18ClNO3S/c1-2-15(7-10-4-3-5-11(14)6-10)12-8-19(17,18)9-13(12)16/h3-6,12-13,16H,2,7-9H2,1H3/t12-,13+/m1/s1. The van der Waals surface area contributed by atoms with Gasteiger partial charge in [-0.3, -0.25) is 4.90 Å². The smallest absolute Gasteiger partial charge is 0.154 e. The largest absolute Gasteiger partial charge is 0.390 e. The molecule has 2 atom stereocenters. The molecule has 1 aromatic rings. The van der Waals surface area contributed by atoms with Gasteiger partial charge in [0.2, 0.25) is 0 Å². The maximum absolute atomic E-state index is 11.6. The topological polar surface area (TPSA) is 57.6 Å². The minimum atomic E-state index is -3.12. The molecule has 2 rings (SSSR count). The highest BCUT2D eigenvalue weighted by atomic mass is 35.5. The number of nitrogens with zero attached hydrogens (tertiary/aromatic N) is 1. The van der Waals surface area contributed by atoms with Crippen molar-refractivity contribution in [3.05, 3.63) is 34.9 Å². The summed E-state index contributed by atoms with van der Waals surface area (Å²) >= 11 is 5.94. The minimum absolute atomic E-state index is 0.0303. The van der Waals surface area contributed by atoms with E-state index >= 15 is 0 Å². The van der Waals surface area contributed by atoms with Crippen molar-refractivity contribution >= 4 is 21.4 Å². The van der Waals surface area contributed by atoms with Crippen LogP contribution in [0.2, 0.25) is 5.02 Å². The van der Waals surface area contributed by atoms with Crippen LogP contribution >= 0.6 is 11.6 Å². The molecule has 0 aromatic heterocycles. The van der Waals surface area contributed by atoms with Crippen molar-refractivity contribution in [1.29, 1.82) is 0 Å². The Bertz CT molecular complexity index is 547. The SMILES string of the molecule is CCN(Cc1cccc(Cl)c1)[C@@H]1CS(=O)(=O)C[C@@H]1O. The lowest BCUT2D eigenvalue weighted by Gasteiger charge is -2.28. The van der Waals surface area contributed by atoms with Crippen molar-refractivity contribution in [2.24, 2.45) is 0 Å². The second-order valence-electron chi connectivity index (χ2n) is 4.90. The lowest BCUT2D eigenvalue weighted by Crippen LogP contribution is -2.42. The molecule has 0 aliphatic carbocycles. The number of sulfone groups is 1. The van der Waals surface area contributed by atoms with Crippen molar-refractivity contribution in [3.8, 4) is 0 Å². The monoisotopic (exact) mass is 303 g/mol. The van der Waals surface area contributed by atoms with E-state index in [0.29, 0.717) is 18.1 Å². The molecule has 6 heteroatoms. The van der Waals surface area contributed by atoms with E-state index in [4.69, 9.17) is 11.6 Å². The Kier molecular flexibility index (Phi) is 4.50. The predicted molar refractivity (Wildman–Crippen MR) is 76.0 cm³/mol. The summed E-state index contributed by atoms with van der Waals surface area (Å²) in [4.78, 5) is 1.99. The van der Waals surface area contributed by atoms with Gasteiger partial charge < -0.3 is 5.11 Å². The van der Waals surface area contributed by atoms with Gasteiger partial charge in [-0.2, -0.15) is 0 Å². The molecular weight excluding hydrogens is 286 g/mol. The normalized spacial score (nSPS) is 25.9. The first kappa shape index (κ1) is 14.8. The molecule has 1 aliphatic heterocycles. The fraction of sp³-hybridized carbons (Fsp3) is 0.538. The number of halogens is 1. The Balaban J connectivity index is 2.13. The van der Waals surface area contributed by atoms with Gasteiger partial charge in [-0.25, -0.2) is 8.42 Å². The Labute approximate surface area is 118 Å². The van der Waals surface area contributed by atoms with E-state index in [1.807, 2.05) is 30.0 Å². The van der Waals surface area contributed by atoms with Gasteiger partial charge in [0.25, 0.3) is 0 Å². The number of likely N-dealkylation sites (N-methyl/N-ethyl adjacent to an activating group) is 1. The fourth-order valence-electron chi connectivity index (χ4n) is 2.49. The van der Waals surface area contributed by atoms with Gasteiger partial charge >= 0.3 is 0 Å². The van der Waals surface area contributed by atoms with Crippen LogP contribution in [-0.2, 0) is 16.4 Å². The molecule has 106 valence electrons. The van der Waals surface area contributed by atoms with E-state index in [1.54, 1.807) is 6.07 Å². The quantitative estimate of drug-likeness (QED) is 0.911. The zero-order valence-electron chi connectivity index (χ0n) is 10.8. The summed E-state index contributed by atoms with van der Waals surface area (Å²) in [5.41, 5.74) is 1.02. The molecule has 1 aromatic carbocycles. The first-order valence-corrected chi connectivity index (χ1v) is 8.48. The second kappa shape index (κ2) is 5.79.